The molecule has 0 aliphatic carbocycles. The van der Waals surface area contributed by atoms with Crippen LogP contribution < -0.4 is 19.9 Å². The third-order valence-electron chi connectivity index (χ3n) is 5.89. The van der Waals surface area contributed by atoms with E-state index in [9.17, 15) is 5.11 Å². The van der Waals surface area contributed by atoms with Crippen LogP contribution in [-0.4, -0.2) is 110 Å². The van der Waals surface area contributed by atoms with Gasteiger partial charge in [0.1, 0.15) is 18.3 Å². The van der Waals surface area contributed by atoms with Crippen LogP contribution in [0.4, 0.5) is 11.4 Å². The zero-order valence-corrected chi connectivity index (χ0v) is 25.9. The van der Waals surface area contributed by atoms with E-state index in [1.165, 1.54) is 11.9 Å². The number of benzene rings is 1. The first-order valence-corrected chi connectivity index (χ1v) is 14.8. The number of aliphatic hydroxyl groups excluding tert-OH is 1. The van der Waals surface area contributed by atoms with Gasteiger partial charge >= 0.3 is 0 Å². The van der Waals surface area contributed by atoms with Crippen LogP contribution in [0.2, 0.25) is 0 Å². The fourth-order valence-electron chi connectivity index (χ4n) is 3.65. The predicted octanol–water partition coefficient (Wildman–Crippen LogP) is 3.46. The lowest BCUT2D eigenvalue weighted by molar-refractivity contribution is 0.0160. The van der Waals surface area contributed by atoms with Gasteiger partial charge in [-0.2, -0.15) is 0 Å². The molecule has 0 spiro atoms. The number of nitrogens with two attached hydrogens (primary N) is 1. The summed E-state index contributed by atoms with van der Waals surface area (Å²) in [6, 6.07) is 3.52. The largest absolute Gasteiger partial charge is 0.487 e. The number of nitrogen functional groups attached to an aromatic ring is 1. The van der Waals surface area contributed by atoms with Crippen LogP contribution in [0.3, 0.4) is 0 Å². The van der Waals surface area contributed by atoms with E-state index < -0.39 is 0 Å². The van der Waals surface area contributed by atoms with E-state index in [0.29, 0.717) is 109 Å². The highest BCUT2D eigenvalue weighted by atomic mass is 32.2. The molecule has 2 rings (SSSR count). The van der Waals surface area contributed by atoms with Gasteiger partial charge in [-0.1, -0.05) is 6.58 Å². The molecule has 0 saturated carbocycles. The molecule has 0 bridgehead atoms. The molecule has 1 aromatic rings. The van der Waals surface area contributed by atoms with Gasteiger partial charge in [0, 0.05) is 44.9 Å². The van der Waals surface area contributed by atoms with Crippen molar-refractivity contribution in [2.75, 3.05) is 111 Å². The zero-order chi connectivity index (χ0) is 30.4. The molecule has 0 unspecified atom stereocenters. The minimum atomic E-state index is 0.126. The lowest BCUT2D eigenvalue weighted by Crippen LogP contribution is -2.14. The van der Waals surface area contributed by atoms with Gasteiger partial charge in [0.05, 0.1) is 83.1 Å². The smallest absolute Gasteiger partial charge is 0.163 e. The molecule has 4 N–H and O–H groups in total. The van der Waals surface area contributed by atoms with E-state index >= 15 is 0 Å². The molecule has 13 heteroatoms. The fraction of sp³-hybridized carbons (Fsp3) is 0.621. The van der Waals surface area contributed by atoms with Crippen LogP contribution in [0.1, 0.15) is 19.8 Å². The molecule has 1 aliphatic rings. The Morgan fingerprint density at radius 1 is 0.810 bits per heavy atom. The quantitative estimate of drug-likeness (QED) is 0.0844. The first kappa shape index (κ1) is 35.8. The molecule has 12 nitrogen and oxygen atoms in total. The summed E-state index contributed by atoms with van der Waals surface area (Å²) in [7, 11) is 3.27. The van der Waals surface area contributed by atoms with E-state index in [4.69, 9.17) is 43.6 Å². The van der Waals surface area contributed by atoms with Crippen LogP contribution in [0.5, 0.6) is 11.5 Å². The molecule has 0 radical (unpaired) electrons. The molecule has 0 fully saturated rings. The van der Waals surface area contributed by atoms with Crippen LogP contribution >= 0.6 is 11.9 Å². The Balaban J connectivity index is 1.94. The van der Waals surface area contributed by atoms with Gasteiger partial charge in [-0.25, -0.2) is 4.99 Å². The molecule has 0 atom stereocenters. The summed E-state index contributed by atoms with van der Waals surface area (Å²) >= 11 is 1.35. The van der Waals surface area contributed by atoms with Crippen LogP contribution in [0.25, 0.3) is 0 Å². The second-order valence-corrected chi connectivity index (χ2v) is 9.81. The van der Waals surface area contributed by atoms with Crippen molar-refractivity contribution in [1.29, 1.82) is 0 Å². The van der Waals surface area contributed by atoms with Crippen molar-refractivity contribution in [2.45, 2.75) is 19.8 Å². The topological polar surface area (TPSA) is 144 Å². The number of aliphatic imine (C=N–C) groups is 1. The monoisotopic (exact) mass is 613 g/mol. The summed E-state index contributed by atoms with van der Waals surface area (Å²) in [5.74, 6) is 1.02. The molecule has 1 heterocycles. The summed E-state index contributed by atoms with van der Waals surface area (Å²) in [6.45, 7) is 11.6. The average Bonchev–Trinajstić information content (AvgIpc) is 3.25. The fourth-order valence-corrected chi connectivity index (χ4v) is 4.46. The Labute approximate surface area is 253 Å². The number of methoxy groups -OCH3 is 2. The Hall–Kier alpha value is -2.36. The van der Waals surface area contributed by atoms with Crippen molar-refractivity contribution in [3.05, 3.63) is 35.6 Å². The van der Waals surface area contributed by atoms with Gasteiger partial charge in [-0.15, -0.1) is 0 Å². The molecule has 0 amide bonds. The number of hydrogen-bond donors (Lipinski definition) is 3. The third kappa shape index (κ3) is 13.7. The van der Waals surface area contributed by atoms with Crippen molar-refractivity contribution in [3.63, 3.8) is 0 Å². The summed E-state index contributed by atoms with van der Waals surface area (Å²) in [4.78, 5) is 4.58. The Bertz CT molecular complexity index is 991. The van der Waals surface area contributed by atoms with E-state index in [2.05, 4.69) is 16.3 Å². The van der Waals surface area contributed by atoms with E-state index in [0.717, 1.165) is 28.3 Å². The average molecular weight is 614 g/mol. The number of nitrogens with zero attached hydrogens (tertiary/aromatic N) is 1. The van der Waals surface area contributed by atoms with Crippen molar-refractivity contribution >= 4 is 28.4 Å². The summed E-state index contributed by atoms with van der Waals surface area (Å²) in [5, 5.41) is 10.00. The van der Waals surface area contributed by atoms with Crippen LogP contribution in [0.15, 0.2) is 40.5 Å². The van der Waals surface area contributed by atoms with Crippen molar-refractivity contribution in [2.24, 2.45) is 4.99 Å². The zero-order valence-electron chi connectivity index (χ0n) is 25.1. The predicted molar refractivity (Wildman–Crippen MR) is 166 cm³/mol. The summed E-state index contributed by atoms with van der Waals surface area (Å²) in [6.07, 6.45) is 1.40. The number of nitrogens with one attached hydrogen (secondary N) is 1. The highest BCUT2D eigenvalue weighted by Crippen LogP contribution is 2.38. The highest BCUT2D eigenvalue weighted by molar-refractivity contribution is 8.15. The van der Waals surface area contributed by atoms with Crippen LogP contribution in [-0.2, 0) is 28.4 Å². The molecule has 238 valence electrons. The van der Waals surface area contributed by atoms with Gasteiger partial charge in [0.25, 0.3) is 0 Å². The second kappa shape index (κ2) is 22.2. The molecular formula is C29H47N3O9S. The first-order valence-electron chi connectivity index (χ1n) is 14.0. The molecule has 0 aromatic heterocycles. The maximum Gasteiger partial charge on any atom is 0.163 e. The van der Waals surface area contributed by atoms with Gasteiger partial charge in [0.15, 0.2) is 11.5 Å². The van der Waals surface area contributed by atoms with Gasteiger partial charge in [-0.3, -0.25) is 0 Å². The standard InChI is InChI=1S/C29H47N3O9S/c1-22-24(6-5-7-33)23(2)31-29(22)42-32-26-21-28(41-19-17-39-15-13-37-11-9-35-4)27(20-25(26)30)40-18-16-38-14-12-36-10-8-34-3/h20-21,32-33H,2,5-19,30H2,1,3-4H3. The lowest BCUT2D eigenvalue weighted by atomic mass is 10.1. The number of aliphatic hydroxyl groups is 1. The molecule has 1 aliphatic heterocycles. The number of hydrogen-bond acceptors (Lipinski definition) is 13. The lowest BCUT2D eigenvalue weighted by Gasteiger charge is -2.17. The summed E-state index contributed by atoms with van der Waals surface area (Å²) < 4.78 is 47.1. The molecule has 42 heavy (non-hydrogen) atoms. The van der Waals surface area contributed by atoms with Crippen LogP contribution in [0, 0.1) is 0 Å². The SMILES string of the molecule is C=C1N=C(SNc2cc(OCCOCCOCCOC)c(OCCOCCOCCOC)cc2N)C(C)=C1CCCO. The van der Waals surface area contributed by atoms with Gasteiger partial charge < -0.3 is 53.5 Å². The van der Waals surface area contributed by atoms with E-state index in [1.54, 1.807) is 26.4 Å². The maximum atomic E-state index is 9.19. The number of ether oxygens (including phenoxy) is 8. The van der Waals surface area contributed by atoms with Gasteiger partial charge in [-0.05, 0) is 30.9 Å². The number of rotatable bonds is 25. The van der Waals surface area contributed by atoms with E-state index in [-0.39, 0.29) is 6.61 Å². The van der Waals surface area contributed by atoms with Crippen molar-refractivity contribution < 1.29 is 43.0 Å². The minimum absolute atomic E-state index is 0.126. The van der Waals surface area contributed by atoms with Crippen molar-refractivity contribution in [3.8, 4) is 11.5 Å². The number of allylic oxidation sites excluding steroid dienone is 1. The first-order chi connectivity index (χ1) is 20.5. The maximum absolute atomic E-state index is 9.19. The normalized spacial score (nSPS) is 13.1. The minimum Gasteiger partial charge on any atom is -0.487 e. The summed E-state index contributed by atoms with van der Waals surface area (Å²) in [5.41, 5.74) is 10.3. The second-order valence-electron chi connectivity index (χ2n) is 9.02. The molecule has 0 saturated heterocycles. The third-order valence-corrected chi connectivity index (χ3v) is 6.81. The van der Waals surface area contributed by atoms with Crippen molar-refractivity contribution in [1.82, 2.24) is 0 Å². The molecular weight excluding hydrogens is 566 g/mol. The highest BCUT2D eigenvalue weighted by Gasteiger charge is 2.20. The Morgan fingerprint density at radius 3 is 1.83 bits per heavy atom. The molecule has 1 aromatic carbocycles. The number of anilines is 2. The Morgan fingerprint density at radius 2 is 1.31 bits per heavy atom. The van der Waals surface area contributed by atoms with Gasteiger partial charge in [0.2, 0.25) is 0 Å². The van der Waals surface area contributed by atoms with E-state index in [1.807, 2.05) is 6.92 Å². The Kier molecular flexibility index (Phi) is 19.0.